The Hall–Kier alpha value is -10.3. The molecule has 0 spiro atoms. The predicted molar refractivity (Wildman–Crippen MR) is 344 cm³/mol. The van der Waals surface area contributed by atoms with Gasteiger partial charge in [-0.1, -0.05) is 255 Å². The van der Waals surface area contributed by atoms with E-state index < -0.39 is 10.8 Å². The van der Waals surface area contributed by atoms with E-state index in [1.54, 1.807) is 0 Å². The molecule has 0 heterocycles. The van der Waals surface area contributed by atoms with Crippen LogP contribution in [0.4, 0.5) is 34.1 Å². The van der Waals surface area contributed by atoms with Crippen LogP contribution in [0.25, 0.3) is 54.6 Å². The van der Waals surface area contributed by atoms with E-state index in [4.69, 9.17) is 0 Å². The Morgan fingerprint density at radius 2 is 0.561 bits per heavy atom. The summed E-state index contributed by atoms with van der Waals surface area (Å²) in [4.78, 5) is 5.04. The molecule has 0 fully saturated rings. The van der Waals surface area contributed by atoms with Crippen molar-refractivity contribution in [3.8, 4) is 22.3 Å². The number of fused-ring (bicyclic) bond motifs is 6. The largest absolute Gasteiger partial charge is 0.310 e. The van der Waals surface area contributed by atoms with Gasteiger partial charge in [0.2, 0.25) is 0 Å². The number of rotatable bonds is 10. The lowest BCUT2D eigenvalue weighted by molar-refractivity contribution is 0.768. The molecular weight excluding hydrogens is 989 g/mol. The molecule has 386 valence electrons. The molecule has 0 aliphatic heterocycles. The van der Waals surface area contributed by atoms with Gasteiger partial charge in [0.1, 0.15) is 0 Å². The van der Waals surface area contributed by atoms with Crippen LogP contribution in [0.1, 0.15) is 55.6 Å². The molecule has 2 heteroatoms. The van der Waals surface area contributed by atoms with E-state index in [0.29, 0.717) is 0 Å². The molecule has 2 aliphatic rings. The van der Waals surface area contributed by atoms with Crippen molar-refractivity contribution in [3.05, 3.63) is 359 Å². The Morgan fingerprint density at radius 1 is 0.244 bits per heavy atom. The number of aryl methyl sites for hydroxylation is 2. The van der Waals surface area contributed by atoms with Crippen LogP contribution in [0.2, 0.25) is 0 Å². The molecule has 2 nitrogen and oxygen atoms in total. The van der Waals surface area contributed by atoms with Crippen LogP contribution in [-0.4, -0.2) is 0 Å². The van der Waals surface area contributed by atoms with Gasteiger partial charge in [0.15, 0.2) is 0 Å². The molecule has 0 aromatic heterocycles. The molecule has 0 saturated heterocycles. The van der Waals surface area contributed by atoms with Crippen molar-refractivity contribution in [2.24, 2.45) is 0 Å². The quantitative estimate of drug-likeness (QED) is 0.126. The maximum absolute atomic E-state index is 2.52. The molecule has 0 radical (unpaired) electrons. The van der Waals surface area contributed by atoms with Crippen molar-refractivity contribution in [2.45, 2.75) is 24.7 Å². The molecular formula is C80H56N2. The Labute approximate surface area is 479 Å². The predicted octanol–water partition coefficient (Wildman–Crippen LogP) is 20.9. The fourth-order valence-electron chi connectivity index (χ4n) is 14.8. The zero-order chi connectivity index (χ0) is 54.5. The minimum absolute atomic E-state index is 0.544. The van der Waals surface area contributed by atoms with E-state index in [-0.39, 0.29) is 0 Å². The van der Waals surface area contributed by atoms with Crippen molar-refractivity contribution >= 4 is 66.4 Å². The summed E-state index contributed by atoms with van der Waals surface area (Å²) in [7, 11) is 0. The molecule has 0 saturated carbocycles. The SMILES string of the molecule is Cc1ccccc1N(c1cccc(C2(c3ccccc3)c3ccccc3-c3ccccc32)c1)c1ccc2ccc3c(N(c4cccc(C5(c6ccccc6)c6ccccc6-c6ccccc65)c4)c4ccccc4C)ccc4ccc1c2c43. The Bertz CT molecular complexity index is 4410. The monoisotopic (exact) mass is 1040 g/mol. The summed E-state index contributed by atoms with van der Waals surface area (Å²) in [6.07, 6.45) is 0. The first-order chi connectivity index (χ1) is 40.5. The van der Waals surface area contributed by atoms with Crippen molar-refractivity contribution < 1.29 is 0 Å². The number of hydrogen-bond acceptors (Lipinski definition) is 2. The Morgan fingerprint density at radius 3 is 0.939 bits per heavy atom. The van der Waals surface area contributed by atoms with E-state index in [0.717, 1.165) is 34.1 Å². The Balaban J connectivity index is 0.912. The van der Waals surface area contributed by atoms with Crippen LogP contribution in [0.3, 0.4) is 0 Å². The topological polar surface area (TPSA) is 6.48 Å². The molecule has 0 atom stereocenters. The lowest BCUT2D eigenvalue weighted by Crippen LogP contribution is -2.28. The normalized spacial score (nSPS) is 13.4. The van der Waals surface area contributed by atoms with Crippen LogP contribution in [-0.2, 0) is 10.8 Å². The van der Waals surface area contributed by atoms with Crippen molar-refractivity contribution in [3.63, 3.8) is 0 Å². The minimum Gasteiger partial charge on any atom is -0.310 e. The summed E-state index contributed by atoms with van der Waals surface area (Å²) in [6.45, 7) is 4.48. The summed E-state index contributed by atoms with van der Waals surface area (Å²) in [6, 6.07) is 114. The third kappa shape index (κ3) is 6.82. The maximum Gasteiger partial charge on any atom is 0.0714 e. The van der Waals surface area contributed by atoms with Gasteiger partial charge in [0.25, 0.3) is 0 Å². The fraction of sp³-hybridized carbons (Fsp3) is 0.0500. The first-order valence-corrected chi connectivity index (χ1v) is 28.7. The van der Waals surface area contributed by atoms with Crippen LogP contribution in [0, 0.1) is 13.8 Å². The summed E-state index contributed by atoms with van der Waals surface area (Å²) in [5.41, 5.74) is 23.4. The fourth-order valence-corrected chi connectivity index (χ4v) is 14.8. The van der Waals surface area contributed by atoms with Gasteiger partial charge in [-0.25, -0.2) is 0 Å². The van der Waals surface area contributed by atoms with Crippen LogP contribution >= 0.6 is 0 Å². The maximum atomic E-state index is 2.52. The highest BCUT2D eigenvalue weighted by Gasteiger charge is 2.47. The number of nitrogens with zero attached hydrogens (tertiary/aromatic N) is 2. The molecule has 0 unspecified atom stereocenters. The summed E-state index contributed by atoms with van der Waals surface area (Å²) in [5.74, 6) is 0. The van der Waals surface area contributed by atoms with Gasteiger partial charge < -0.3 is 9.80 Å². The van der Waals surface area contributed by atoms with E-state index in [1.165, 1.54) is 110 Å². The molecule has 14 aromatic carbocycles. The van der Waals surface area contributed by atoms with E-state index in [9.17, 15) is 0 Å². The van der Waals surface area contributed by atoms with E-state index in [2.05, 4.69) is 327 Å². The van der Waals surface area contributed by atoms with Crippen LogP contribution in [0.15, 0.2) is 303 Å². The van der Waals surface area contributed by atoms with Gasteiger partial charge in [0, 0.05) is 33.5 Å². The highest BCUT2D eigenvalue weighted by atomic mass is 15.2. The Kier molecular flexibility index (Phi) is 10.9. The smallest absolute Gasteiger partial charge is 0.0714 e. The molecule has 0 amide bonds. The average molecular weight is 1050 g/mol. The van der Waals surface area contributed by atoms with Crippen molar-refractivity contribution in [1.82, 2.24) is 0 Å². The number of benzene rings is 14. The zero-order valence-electron chi connectivity index (χ0n) is 45.8. The van der Waals surface area contributed by atoms with E-state index in [1.807, 2.05) is 0 Å². The standard InChI is InChI=1S/C80H56N2/c1-53-23-9-19-41-73(53)81(61-31-21-29-59(51-61)79(57-25-5-3-6-26-57)69-37-15-11-33-63(69)64-34-12-16-38-70(64)79)75-49-45-55-44-48-68-76(50-46-56-43-47-67(75)77(55)78(56)68)82(74-42-20-10-24-54(74)2)62-32-22-30-60(52-62)80(58-27-7-4-8-28-58)71-39-17-13-35-65(71)66-36-14-18-40-72(66)80/h3-52H,1-2H3. The van der Waals surface area contributed by atoms with Gasteiger partial charge in [-0.05, 0) is 162 Å². The molecule has 0 N–H and O–H groups in total. The van der Waals surface area contributed by atoms with Gasteiger partial charge >= 0.3 is 0 Å². The molecule has 0 bridgehead atoms. The highest BCUT2D eigenvalue weighted by molar-refractivity contribution is 6.28. The number of hydrogen-bond donors (Lipinski definition) is 0. The summed E-state index contributed by atoms with van der Waals surface area (Å²) >= 11 is 0. The molecule has 16 rings (SSSR count). The van der Waals surface area contributed by atoms with Crippen molar-refractivity contribution in [1.29, 1.82) is 0 Å². The van der Waals surface area contributed by atoms with E-state index >= 15 is 0 Å². The lowest BCUT2D eigenvalue weighted by atomic mass is 9.67. The second-order valence-electron chi connectivity index (χ2n) is 22.4. The first-order valence-electron chi connectivity index (χ1n) is 28.7. The second-order valence-corrected chi connectivity index (χ2v) is 22.4. The number of para-hydroxylation sites is 2. The second kappa shape index (κ2) is 18.7. The average Bonchev–Trinajstić information content (AvgIpc) is 1.96. The van der Waals surface area contributed by atoms with Gasteiger partial charge in [-0.15, -0.1) is 0 Å². The van der Waals surface area contributed by atoms with Crippen LogP contribution in [0.5, 0.6) is 0 Å². The third-order valence-corrected chi connectivity index (χ3v) is 18.2. The molecule has 82 heavy (non-hydrogen) atoms. The summed E-state index contributed by atoms with van der Waals surface area (Å²) in [5, 5.41) is 7.32. The molecule has 2 aliphatic carbocycles. The minimum atomic E-state index is -0.544. The zero-order valence-corrected chi connectivity index (χ0v) is 45.8. The van der Waals surface area contributed by atoms with Gasteiger partial charge in [-0.3, -0.25) is 0 Å². The number of anilines is 6. The van der Waals surface area contributed by atoms with Crippen molar-refractivity contribution in [2.75, 3.05) is 9.80 Å². The van der Waals surface area contributed by atoms with Gasteiger partial charge in [0.05, 0.1) is 22.2 Å². The third-order valence-electron chi connectivity index (χ3n) is 18.2. The first kappa shape index (κ1) is 47.7. The van der Waals surface area contributed by atoms with Crippen LogP contribution < -0.4 is 9.80 Å². The molecule has 14 aromatic rings. The highest BCUT2D eigenvalue weighted by Crippen LogP contribution is 2.59. The van der Waals surface area contributed by atoms with Gasteiger partial charge in [-0.2, -0.15) is 0 Å². The summed E-state index contributed by atoms with van der Waals surface area (Å²) < 4.78 is 0. The lowest BCUT2D eigenvalue weighted by Gasteiger charge is -2.36.